The second kappa shape index (κ2) is 4.39. The molecule has 2 aromatic heterocycles. The van der Waals surface area contributed by atoms with Crippen LogP contribution in [0.25, 0.3) is 21.8 Å². The van der Waals surface area contributed by atoms with Crippen molar-refractivity contribution in [1.82, 2.24) is 15.3 Å². The fourth-order valence-electron chi connectivity index (χ4n) is 2.25. The molecule has 0 aliphatic heterocycles. The molecule has 3 rings (SSSR count). The zero-order valence-corrected chi connectivity index (χ0v) is 10.9. The van der Waals surface area contributed by atoms with Gasteiger partial charge in [-0.15, -0.1) is 0 Å². The van der Waals surface area contributed by atoms with Gasteiger partial charge in [-0.2, -0.15) is 0 Å². The van der Waals surface area contributed by atoms with E-state index in [2.05, 4.69) is 21.4 Å². The van der Waals surface area contributed by atoms with E-state index in [0.29, 0.717) is 12.2 Å². The van der Waals surface area contributed by atoms with E-state index in [9.17, 15) is 4.79 Å². The van der Waals surface area contributed by atoms with Gasteiger partial charge in [-0.3, -0.25) is 4.79 Å². The average molecular weight is 253 g/mol. The second-order valence-electron chi connectivity index (χ2n) is 4.61. The monoisotopic (exact) mass is 253 g/mol. The molecular weight excluding hydrogens is 238 g/mol. The minimum Gasteiger partial charge on any atom is -0.357 e. The van der Waals surface area contributed by atoms with Crippen LogP contribution in [-0.2, 0) is 0 Å². The number of rotatable bonds is 2. The molecule has 0 saturated heterocycles. The maximum absolute atomic E-state index is 11.8. The molecule has 0 aliphatic carbocycles. The van der Waals surface area contributed by atoms with E-state index in [1.54, 1.807) is 0 Å². The predicted octanol–water partition coefficient (Wildman–Crippen LogP) is 2.77. The lowest BCUT2D eigenvalue weighted by Gasteiger charge is -2.01. The Labute approximate surface area is 110 Å². The Morgan fingerprint density at radius 2 is 2.00 bits per heavy atom. The van der Waals surface area contributed by atoms with Crippen molar-refractivity contribution in [2.45, 2.75) is 13.8 Å². The van der Waals surface area contributed by atoms with E-state index >= 15 is 0 Å². The first kappa shape index (κ1) is 11.7. The van der Waals surface area contributed by atoms with Crippen molar-refractivity contribution in [1.29, 1.82) is 0 Å². The standard InChI is InChI=1S/C15H15N3O/c1-3-16-15(19)12-8-11-7-6-10-5-4-9(2)17-13(10)14(11)18-12/h4-8,17H,3H2,1-2H3,(H,16,19). The largest absolute Gasteiger partial charge is 0.357 e. The van der Waals surface area contributed by atoms with Crippen molar-refractivity contribution < 1.29 is 4.79 Å². The number of hydrogen-bond donors (Lipinski definition) is 2. The van der Waals surface area contributed by atoms with Crippen LogP contribution in [0.4, 0.5) is 0 Å². The highest BCUT2D eigenvalue weighted by Gasteiger charge is 2.12. The fraction of sp³-hybridized carbons (Fsp3) is 0.200. The summed E-state index contributed by atoms with van der Waals surface area (Å²) >= 11 is 0. The molecule has 0 bridgehead atoms. The lowest BCUT2D eigenvalue weighted by molar-refractivity contribution is 0.0951. The highest BCUT2D eigenvalue weighted by Crippen LogP contribution is 2.24. The van der Waals surface area contributed by atoms with Gasteiger partial charge in [-0.25, -0.2) is 4.98 Å². The first-order chi connectivity index (χ1) is 9.19. The maximum Gasteiger partial charge on any atom is 0.269 e. The van der Waals surface area contributed by atoms with Crippen LogP contribution in [0.15, 0.2) is 30.3 Å². The summed E-state index contributed by atoms with van der Waals surface area (Å²) in [5.74, 6) is -0.125. The Hall–Kier alpha value is -2.36. The van der Waals surface area contributed by atoms with Gasteiger partial charge in [0.25, 0.3) is 5.91 Å². The summed E-state index contributed by atoms with van der Waals surface area (Å²) in [6.45, 7) is 4.51. The summed E-state index contributed by atoms with van der Waals surface area (Å²) in [4.78, 5) is 19.6. The van der Waals surface area contributed by atoms with Crippen LogP contribution >= 0.6 is 0 Å². The normalized spacial score (nSPS) is 11.1. The maximum atomic E-state index is 11.8. The minimum absolute atomic E-state index is 0.125. The summed E-state index contributed by atoms with van der Waals surface area (Å²) in [5.41, 5.74) is 3.37. The smallest absolute Gasteiger partial charge is 0.269 e. The Bertz CT molecular complexity index is 774. The number of fused-ring (bicyclic) bond motifs is 3. The Balaban J connectivity index is 2.24. The third-order valence-corrected chi connectivity index (χ3v) is 3.17. The van der Waals surface area contributed by atoms with Crippen LogP contribution in [0.1, 0.15) is 23.1 Å². The van der Waals surface area contributed by atoms with E-state index < -0.39 is 0 Å². The van der Waals surface area contributed by atoms with Crippen LogP contribution in [0.3, 0.4) is 0 Å². The Morgan fingerprint density at radius 1 is 1.26 bits per heavy atom. The molecule has 19 heavy (non-hydrogen) atoms. The Kier molecular flexibility index (Phi) is 2.71. The number of benzene rings is 1. The molecule has 4 nitrogen and oxygen atoms in total. The van der Waals surface area contributed by atoms with Gasteiger partial charge in [0.1, 0.15) is 5.69 Å². The van der Waals surface area contributed by atoms with Crippen molar-refractivity contribution in [3.63, 3.8) is 0 Å². The molecule has 0 spiro atoms. The number of amides is 1. The lowest BCUT2D eigenvalue weighted by atomic mass is 10.1. The number of pyridine rings is 1. The number of nitrogens with one attached hydrogen (secondary N) is 2. The average Bonchev–Trinajstić information content (AvgIpc) is 2.83. The highest BCUT2D eigenvalue weighted by molar-refractivity contribution is 6.07. The number of carbonyl (C=O) groups excluding carboxylic acids is 1. The van der Waals surface area contributed by atoms with Crippen molar-refractivity contribution in [2.75, 3.05) is 6.54 Å². The van der Waals surface area contributed by atoms with Crippen LogP contribution in [0.5, 0.6) is 0 Å². The van der Waals surface area contributed by atoms with E-state index in [0.717, 1.165) is 27.5 Å². The van der Waals surface area contributed by atoms with Crippen molar-refractivity contribution in [3.8, 4) is 0 Å². The SMILES string of the molecule is CCNC(=O)c1cc2ccc3ccc(C)[nH]c3c2n1. The molecule has 4 heteroatoms. The first-order valence-corrected chi connectivity index (χ1v) is 6.36. The number of aromatic nitrogens is 2. The molecule has 2 N–H and O–H groups in total. The zero-order valence-electron chi connectivity index (χ0n) is 10.9. The Morgan fingerprint density at radius 3 is 2.79 bits per heavy atom. The van der Waals surface area contributed by atoms with Gasteiger partial charge in [0.05, 0.1) is 11.0 Å². The number of hydrogen-bond acceptors (Lipinski definition) is 2. The van der Waals surface area contributed by atoms with Crippen molar-refractivity contribution in [2.24, 2.45) is 0 Å². The summed E-state index contributed by atoms with van der Waals surface area (Å²) < 4.78 is 0. The number of H-pyrrole nitrogens is 1. The quantitative estimate of drug-likeness (QED) is 0.737. The molecule has 0 fully saturated rings. The van der Waals surface area contributed by atoms with Crippen molar-refractivity contribution >= 4 is 27.7 Å². The van der Waals surface area contributed by atoms with Gasteiger partial charge in [-0.1, -0.05) is 18.2 Å². The molecule has 2 heterocycles. The number of nitrogens with zero attached hydrogens (tertiary/aromatic N) is 1. The molecular formula is C15H15N3O. The number of aryl methyl sites for hydroxylation is 1. The summed E-state index contributed by atoms with van der Waals surface area (Å²) in [6.07, 6.45) is 0. The lowest BCUT2D eigenvalue weighted by Crippen LogP contribution is -2.22. The summed E-state index contributed by atoms with van der Waals surface area (Å²) in [6, 6.07) is 9.95. The van der Waals surface area contributed by atoms with Gasteiger partial charge in [0, 0.05) is 23.0 Å². The van der Waals surface area contributed by atoms with Crippen LogP contribution < -0.4 is 5.32 Å². The molecule has 0 saturated carbocycles. The third kappa shape index (κ3) is 1.95. The van der Waals surface area contributed by atoms with E-state index in [-0.39, 0.29) is 5.91 Å². The van der Waals surface area contributed by atoms with Gasteiger partial charge < -0.3 is 10.3 Å². The number of carbonyl (C=O) groups is 1. The topological polar surface area (TPSA) is 57.8 Å². The van der Waals surface area contributed by atoms with Gasteiger partial charge in [0.15, 0.2) is 0 Å². The van der Waals surface area contributed by atoms with Gasteiger partial charge in [-0.05, 0) is 26.0 Å². The van der Waals surface area contributed by atoms with Gasteiger partial charge in [0.2, 0.25) is 0 Å². The molecule has 3 aromatic rings. The summed E-state index contributed by atoms with van der Waals surface area (Å²) in [5, 5.41) is 4.85. The zero-order chi connectivity index (χ0) is 13.4. The van der Waals surface area contributed by atoms with Crippen LogP contribution in [-0.4, -0.2) is 22.4 Å². The first-order valence-electron chi connectivity index (χ1n) is 6.36. The summed E-state index contributed by atoms with van der Waals surface area (Å²) in [7, 11) is 0. The van der Waals surface area contributed by atoms with E-state index in [4.69, 9.17) is 0 Å². The van der Waals surface area contributed by atoms with Crippen LogP contribution in [0, 0.1) is 6.92 Å². The highest BCUT2D eigenvalue weighted by atomic mass is 16.1. The molecule has 0 radical (unpaired) electrons. The predicted molar refractivity (Wildman–Crippen MR) is 76.3 cm³/mol. The molecule has 0 aliphatic rings. The van der Waals surface area contributed by atoms with Gasteiger partial charge >= 0.3 is 0 Å². The molecule has 1 aromatic carbocycles. The van der Waals surface area contributed by atoms with Crippen molar-refractivity contribution in [3.05, 3.63) is 41.7 Å². The fourth-order valence-corrected chi connectivity index (χ4v) is 2.25. The molecule has 0 atom stereocenters. The van der Waals surface area contributed by atoms with E-state index in [1.165, 1.54) is 0 Å². The molecule has 96 valence electrons. The van der Waals surface area contributed by atoms with Crippen LogP contribution in [0.2, 0.25) is 0 Å². The number of aromatic amines is 1. The van der Waals surface area contributed by atoms with E-state index in [1.807, 2.05) is 38.1 Å². The minimum atomic E-state index is -0.125. The molecule has 1 amide bonds. The molecule has 0 unspecified atom stereocenters. The third-order valence-electron chi connectivity index (χ3n) is 3.17. The second-order valence-corrected chi connectivity index (χ2v) is 4.61.